The Bertz CT molecular complexity index is 1820. The topological polar surface area (TPSA) is 106 Å². The summed E-state index contributed by atoms with van der Waals surface area (Å²) in [5.41, 5.74) is 1.59. The van der Waals surface area contributed by atoms with Gasteiger partial charge in [0.1, 0.15) is 17.6 Å². The predicted molar refractivity (Wildman–Crippen MR) is 160 cm³/mol. The number of amides is 2. The van der Waals surface area contributed by atoms with Gasteiger partial charge in [0.2, 0.25) is 5.91 Å². The Balaban J connectivity index is 1.29. The number of alkyl halides is 3. The van der Waals surface area contributed by atoms with Gasteiger partial charge in [0.15, 0.2) is 5.82 Å². The van der Waals surface area contributed by atoms with Crippen LogP contribution in [0, 0.1) is 17.7 Å². The van der Waals surface area contributed by atoms with Gasteiger partial charge in [0.05, 0.1) is 46.6 Å². The Morgan fingerprint density at radius 1 is 1.16 bits per heavy atom. The van der Waals surface area contributed by atoms with Gasteiger partial charge in [-0.1, -0.05) is 0 Å². The number of rotatable bonds is 3. The molecule has 2 bridgehead atoms. The number of aryl methyl sites for hydroxylation is 1. The molecule has 45 heavy (non-hydrogen) atoms. The number of imidazole rings is 1. The molecule has 2 aliphatic heterocycles. The molecule has 0 unspecified atom stereocenters. The average molecular weight is 626 g/mol. The van der Waals surface area contributed by atoms with Crippen molar-refractivity contribution >= 4 is 33.9 Å². The third kappa shape index (κ3) is 5.55. The maximum Gasteiger partial charge on any atom is 0.265 e. The fourth-order valence-electron chi connectivity index (χ4n) is 6.77. The highest BCUT2D eigenvalue weighted by Crippen LogP contribution is 2.44. The Morgan fingerprint density at radius 2 is 1.98 bits per heavy atom. The SMILES string of the molecule is C[C@H]1NC(=O)[C@@H]2C[C@H]2CCCC(F)(F)Cn2c(-c3nc4cc(C(=O)N[C@H]5CNCC[C@@H]5F)c(F)cc4n3C)cc3ccc1nc32. The van der Waals surface area contributed by atoms with E-state index in [0.717, 1.165) is 0 Å². The zero-order valence-electron chi connectivity index (χ0n) is 25.0. The van der Waals surface area contributed by atoms with Gasteiger partial charge in [0, 0.05) is 37.4 Å². The Hall–Kier alpha value is -4.00. The molecular weight excluding hydrogens is 590 g/mol. The number of fused-ring (bicyclic) bond motifs is 3. The van der Waals surface area contributed by atoms with E-state index in [1.807, 2.05) is 6.92 Å². The Labute approximate surface area is 256 Å². The Morgan fingerprint density at radius 3 is 2.78 bits per heavy atom. The molecule has 2 amide bonds. The summed E-state index contributed by atoms with van der Waals surface area (Å²) in [4.78, 5) is 35.2. The lowest BCUT2D eigenvalue weighted by molar-refractivity contribution is -0.123. The number of nitrogens with one attached hydrogen (secondary N) is 3. The molecule has 1 saturated carbocycles. The van der Waals surface area contributed by atoms with E-state index in [-0.39, 0.29) is 48.2 Å². The van der Waals surface area contributed by atoms with Crippen LogP contribution in [0.25, 0.3) is 33.6 Å². The number of benzene rings is 1. The maximum absolute atomic E-state index is 15.6. The molecule has 0 radical (unpaired) electrons. The van der Waals surface area contributed by atoms with Crippen LogP contribution in [0.4, 0.5) is 17.6 Å². The van der Waals surface area contributed by atoms with Crippen molar-refractivity contribution in [1.29, 1.82) is 0 Å². The lowest BCUT2D eigenvalue weighted by Crippen LogP contribution is -2.52. The average Bonchev–Trinajstić information content (AvgIpc) is 3.60. The minimum absolute atomic E-state index is 0.0748. The van der Waals surface area contributed by atoms with Crippen molar-refractivity contribution in [3.8, 4) is 11.5 Å². The smallest absolute Gasteiger partial charge is 0.265 e. The van der Waals surface area contributed by atoms with Crippen molar-refractivity contribution in [1.82, 2.24) is 35.1 Å². The first-order valence-corrected chi connectivity index (χ1v) is 15.5. The van der Waals surface area contributed by atoms with E-state index >= 15 is 13.2 Å². The molecule has 1 saturated heterocycles. The van der Waals surface area contributed by atoms with Gasteiger partial charge in [0.25, 0.3) is 11.8 Å². The van der Waals surface area contributed by atoms with Crippen LogP contribution in [0.1, 0.15) is 61.1 Å². The third-order valence-corrected chi connectivity index (χ3v) is 9.49. The van der Waals surface area contributed by atoms with Crippen molar-refractivity contribution < 1.29 is 27.2 Å². The molecule has 1 aromatic carbocycles. The number of pyridine rings is 1. The normalized spacial score (nSPS) is 26.8. The molecular formula is C32H35F4N7O2. The van der Waals surface area contributed by atoms with E-state index in [1.54, 1.807) is 29.8 Å². The molecule has 13 heteroatoms. The molecule has 7 rings (SSSR count). The number of carbonyl (C=O) groups excluding carboxylic acids is 2. The van der Waals surface area contributed by atoms with Crippen LogP contribution in [-0.4, -0.2) is 62.1 Å². The lowest BCUT2D eigenvalue weighted by Gasteiger charge is -2.27. The standard InChI is InChI=1S/C32H35F4N7O2/c1-16-23-6-5-18-11-27(43(28(18)39-23)15-32(35,36)8-3-4-17-10-19(17)30(44)38-16)29-40-24-12-20(22(34)13-26(24)42(29)2)31(45)41-25-14-37-9-7-21(25)33/h5-6,11-13,16-17,19,21,25,37H,3-4,7-10,14-15H2,1-2H3,(H,38,44)(H,41,45)/t16-,17-,19-,21+,25+/m1/s1. The molecule has 238 valence electrons. The first-order valence-electron chi connectivity index (χ1n) is 15.5. The molecule has 5 atom stereocenters. The molecule has 2 fully saturated rings. The minimum atomic E-state index is -3.06. The number of hydrogen-bond acceptors (Lipinski definition) is 5. The lowest BCUT2D eigenvalue weighted by atomic mass is 10.0. The van der Waals surface area contributed by atoms with Gasteiger partial charge in [-0.3, -0.25) is 9.59 Å². The van der Waals surface area contributed by atoms with Crippen LogP contribution in [0.3, 0.4) is 0 Å². The number of piperidine rings is 1. The van der Waals surface area contributed by atoms with E-state index in [9.17, 15) is 14.0 Å². The number of carbonyl (C=O) groups is 2. The molecule has 3 N–H and O–H groups in total. The molecule has 1 aliphatic carbocycles. The zero-order chi connectivity index (χ0) is 31.6. The fourth-order valence-corrected chi connectivity index (χ4v) is 6.77. The van der Waals surface area contributed by atoms with Crippen LogP contribution >= 0.6 is 0 Å². The summed E-state index contributed by atoms with van der Waals surface area (Å²) in [5.74, 6) is -4.42. The molecule has 9 nitrogen and oxygen atoms in total. The first-order chi connectivity index (χ1) is 21.5. The molecule has 4 aromatic rings. The van der Waals surface area contributed by atoms with Crippen molar-refractivity contribution in [3.63, 3.8) is 0 Å². The number of aromatic nitrogens is 4. The van der Waals surface area contributed by atoms with E-state index in [2.05, 4.69) is 20.9 Å². The van der Waals surface area contributed by atoms with E-state index in [1.165, 1.54) is 16.7 Å². The van der Waals surface area contributed by atoms with E-state index in [4.69, 9.17) is 4.98 Å². The van der Waals surface area contributed by atoms with E-state index < -0.39 is 42.4 Å². The largest absolute Gasteiger partial charge is 0.348 e. The van der Waals surface area contributed by atoms with Crippen LogP contribution < -0.4 is 16.0 Å². The summed E-state index contributed by atoms with van der Waals surface area (Å²) < 4.78 is 63.8. The van der Waals surface area contributed by atoms with Gasteiger partial charge < -0.3 is 25.1 Å². The second kappa shape index (κ2) is 11.1. The summed E-state index contributed by atoms with van der Waals surface area (Å²) in [6.07, 6.45) is 0.232. The van der Waals surface area contributed by atoms with Gasteiger partial charge in [-0.25, -0.2) is 27.5 Å². The molecule has 5 heterocycles. The summed E-state index contributed by atoms with van der Waals surface area (Å²) in [5, 5.41) is 9.23. The number of nitrogens with zero attached hydrogens (tertiary/aromatic N) is 4. The van der Waals surface area contributed by atoms with Crippen LogP contribution in [0.2, 0.25) is 0 Å². The summed E-state index contributed by atoms with van der Waals surface area (Å²) >= 11 is 0. The monoisotopic (exact) mass is 625 g/mol. The second-order valence-electron chi connectivity index (χ2n) is 12.7. The quantitative estimate of drug-likeness (QED) is 0.284. The van der Waals surface area contributed by atoms with Gasteiger partial charge in [-0.05, 0) is 69.3 Å². The van der Waals surface area contributed by atoms with Crippen molar-refractivity contribution in [2.24, 2.45) is 18.9 Å². The third-order valence-electron chi connectivity index (χ3n) is 9.49. The summed E-state index contributed by atoms with van der Waals surface area (Å²) in [6, 6.07) is 6.56. The molecule has 3 aromatic heterocycles. The second-order valence-corrected chi connectivity index (χ2v) is 12.7. The summed E-state index contributed by atoms with van der Waals surface area (Å²) in [6.45, 7) is 1.93. The van der Waals surface area contributed by atoms with Crippen LogP contribution in [0.5, 0.6) is 0 Å². The number of hydrogen-bond donors (Lipinski definition) is 3. The minimum Gasteiger partial charge on any atom is -0.348 e. The maximum atomic E-state index is 15.6. The zero-order valence-corrected chi connectivity index (χ0v) is 25.0. The highest BCUT2D eigenvalue weighted by atomic mass is 19.3. The van der Waals surface area contributed by atoms with Gasteiger partial charge >= 0.3 is 0 Å². The van der Waals surface area contributed by atoms with Crippen molar-refractivity contribution in [2.45, 2.75) is 69.8 Å². The number of halogens is 4. The van der Waals surface area contributed by atoms with Crippen molar-refractivity contribution in [3.05, 3.63) is 47.4 Å². The first kappa shape index (κ1) is 29.7. The molecule has 3 aliphatic rings. The summed E-state index contributed by atoms with van der Waals surface area (Å²) in [7, 11) is 1.65. The fraction of sp³-hybridized carbons (Fsp3) is 0.500. The van der Waals surface area contributed by atoms with Crippen LogP contribution in [-0.2, 0) is 18.4 Å². The highest BCUT2D eigenvalue weighted by molar-refractivity contribution is 5.98. The van der Waals surface area contributed by atoms with Crippen LogP contribution in [0.15, 0.2) is 30.3 Å². The predicted octanol–water partition coefficient (Wildman–Crippen LogP) is 4.79. The van der Waals surface area contributed by atoms with Gasteiger partial charge in [-0.15, -0.1) is 0 Å². The molecule has 0 spiro atoms. The van der Waals surface area contributed by atoms with E-state index in [0.29, 0.717) is 59.6 Å². The van der Waals surface area contributed by atoms with Crippen molar-refractivity contribution in [2.75, 3.05) is 13.1 Å². The Kier molecular flexibility index (Phi) is 7.33. The van der Waals surface area contributed by atoms with Gasteiger partial charge in [-0.2, -0.15) is 0 Å². The highest BCUT2D eigenvalue weighted by Gasteiger charge is 2.43.